The number of carbonyl (C=O) groups is 1. The zero-order chi connectivity index (χ0) is 21.9. The van der Waals surface area contributed by atoms with Gasteiger partial charge < -0.3 is 5.32 Å². The first-order chi connectivity index (χ1) is 14.2. The first-order valence-corrected chi connectivity index (χ1v) is 11.1. The van der Waals surface area contributed by atoms with Crippen LogP contribution in [-0.2, 0) is 23.6 Å². The normalized spacial score (nSPS) is 11.5. The van der Waals surface area contributed by atoms with Crippen LogP contribution in [0.3, 0.4) is 0 Å². The molecular weight excluding hydrogens is 400 g/mol. The van der Waals surface area contributed by atoms with Gasteiger partial charge in [0, 0.05) is 30.9 Å². The maximum Gasteiger partial charge on any atom is 0.261 e. The molecule has 0 aliphatic carbocycles. The van der Waals surface area contributed by atoms with E-state index >= 15 is 0 Å². The quantitative estimate of drug-likeness (QED) is 0.604. The average molecular weight is 427 g/mol. The van der Waals surface area contributed by atoms with Crippen LogP contribution >= 0.6 is 0 Å². The maximum absolute atomic E-state index is 12.8. The van der Waals surface area contributed by atoms with Gasteiger partial charge in [0.25, 0.3) is 15.9 Å². The Bertz CT molecular complexity index is 1150. The lowest BCUT2D eigenvalue weighted by atomic mass is 10.0. The van der Waals surface area contributed by atoms with Gasteiger partial charge in [-0.15, -0.1) is 0 Å². The van der Waals surface area contributed by atoms with Gasteiger partial charge in [-0.05, 0) is 48.2 Å². The molecule has 2 N–H and O–H groups in total. The van der Waals surface area contributed by atoms with E-state index in [1.807, 2.05) is 18.3 Å². The molecule has 0 saturated heterocycles. The number of carbonyl (C=O) groups excluding carboxylic acids is 1. The Morgan fingerprint density at radius 3 is 2.43 bits per heavy atom. The highest BCUT2D eigenvalue weighted by atomic mass is 32.2. The lowest BCUT2D eigenvalue weighted by Crippen LogP contribution is -2.23. The summed E-state index contributed by atoms with van der Waals surface area (Å²) in [5.41, 5.74) is 3.41. The van der Waals surface area contributed by atoms with Crippen LogP contribution in [0.25, 0.3) is 0 Å². The predicted octanol–water partition coefficient (Wildman–Crippen LogP) is 3.58. The number of aryl methyl sites for hydroxylation is 2. The van der Waals surface area contributed by atoms with Crippen molar-refractivity contribution in [3.05, 3.63) is 77.1 Å². The van der Waals surface area contributed by atoms with E-state index in [0.717, 1.165) is 16.7 Å². The average Bonchev–Trinajstić information content (AvgIpc) is 3.13. The Labute approximate surface area is 177 Å². The molecule has 0 fully saturated rings. The molecule has 0 atom stereocenters. The monoisotopic (exact) mass is 426 g/mol. The van der Waals surface area contributed by atoms with Gasteiger partial charge in [0.05, 0.1) is 16.8 Å². The maximum atomic E-state index is 12.8. The molecule has 0 radical (unpaired) electrons. The van der Waals surface area contributed by atoms with Crippen molar-refractivity contribution in [1.29, 1.82) is 0 Å². The van der Waals surface area contributed by atoms with Crippen molar-refractivity contribution in [1.82, 2.24) is 15.1 Å². The summed E-state index contributed by atoms with van der Waals surface area (Å²) in [6, 6.07) is 11.8. The topological polar surface area (TPSA) is 93.1 Å². The summed E-state index contributed by atoms with van der Waals surface area (Å²) in [5.74, 6) is 0.0272. The number of sulfonamides is 1. The summed E-state index contributed by atoms with van der Waals surface area (Å²) in [6.45, 7) is 6.23. The van der Waals surface area contributed by atoms with Gasteiger partial charge in [-0.1, -0.05) is 32.0 Å². The van der Waals surface area contributed by atoms with Crippen molar-refractivity contribution >= 4 is 21.6 Å². The summed E-state index contributed by atoms with van der Waals surface area (Å²) in [4.78, 5) is 12.7. The highest BCUT2D eigenvalue weighted by Gasteiger charge is 2.17. The minimum Gasteiger partial charge on any atom is -0.348 e. The van der Waals surface area contributed by atoms with E-state index in [1.165, 1.54) is 0 Å². The molecule has 7 nitrogen and oxygen atoms in total. The molecule has 1 amide bonds. The highest BCUT2D eigenvalue weighted by Crippen LogP contribution is 2.23. The van der Waals surface area contributed by atoms with Gasteiger partial charge in [-0.2, -0.15) is 5.10 Å². The molecule has 1 heterocycles. The lowest BCUT2D eigenvalue weighted by molar-refractivity contribution is 0.0951. The summed E-state index contributed by atoms with van der Waals surface area (Å²) in [5, 5.41) is 6.88. The van der Waals surface area contributed by atoms with Crippen LogP contribution < -0.4 is 10.0 Å². The molecule has 0 bridgehead atoms. The first kappa shape index (κ1) is 21.6. The van der Waals surface area contributed by atoms with Gasteiger partial charge in [0.2, 0.25) is 0 Å². The number of benzene rings is 2. The second kappa shape index (κ2) is 8.71. The van der Waals surface area contributed by atoms with Crippen molar-refractivity contribution in [2.75, 3.05) is 4.72 Å². The second-order valence-electron chi connectivity index (χ2n) is 7.56. The van der Waals surface area contributed by atoms with Gasteiger partial charge >= 0.3 is 0 Å². The van der Waals surface area contributed by atoms with Crippen molar-refractivity contribution in [2.45, 2.75) is 38.1 Å². The van der Waals surface area contributed by atoms with Crippen LogP contribution in [0.1, 0.15) is 46.8 Å². The third kappa shape index (κ3) is 5.07. The van der Waals surface area contributed by atoms with E-state index in [1.54, 1.807) is 55.2 Å². The standard InChI is InChI=1S/C22H26N4O3S/c1-15(2)18-7-9-20(10-8-18)30(28,29)25-21-11-19(6-5-16(21)3)22(27)23-12-17-13-24-26(4)14-17/h5-11,13-15,25H,12H2,1-4H3,(H,23,27). The van der Waals surface area contributed by atoms with Crippen molar-refractivity contribution in [2.24, 2.45) is 7.05 Å². The summed E-state index contributed by atoms with van der Waals surface area (Å²) in [6.07, 6.45) is 3.50. The molecule has 3 aromatic rings. The molecule has 0 saturated carbocycles. The van der Waals surface area contributed by atoms with E-state index in [4.69, 9.17) is 0 Å². The summed E-state index contributed by atoms with van der Waals surface area (Å²) in [7, 11) is -1.96. The van der Waals surface area contributed by atoms with Gasteiger partial charge in [-0.25, -0.2) is 8.42 Å². The van der Waals surface area contributed by atoms with Crippen molar-refractivity contribution in [3.63, 3.8) is 0 Å². The zero-order valence-corrected chi connectivity index (χ0v) is 18.3. The highest BCUT2D eigenvalue weighted by molar-refractivity contribution is 7.92. The number of rotatable bonds is 7. The van der Waals surface area contributed by atoms with Crippen molar-refractivity contribution in [3.8, 4) is 0 Å². The SMILES string of the molecule is Cc1ccc(C(=O)NCc2cnn(C)c2)cc1NS(=O)(=O)c1ccc(C(C)C)cc1. The Morgan fingerprint density at radius 2 is 1.83 bits per heavy atom. The molecule has 30 heavy (non-hydrogen) atoms. The first-order valence-electron chi connectivity index (χ1n) is 9.65. The smallest absolute Gasteiger partial charge is 0.261 e. The molecule has 0 aliphatic rings. The van der Waals surface area contributed by atoms with E-state index in [2.05, 4.69) is 29.0 Å². The minimum atomic E-state index is -3.77. The Morgan fingerprint density at radius 1 is 1.13 bits per heavy atom. The molecule has 8 heteroatoms. The third-order valence-electron chi connectivity index (χ3n) is 4.81. The van der Waals surface area contributed by atoms with Crippen molar-refractivity contribution < 1.29 is 13.2 Å². The molecular formula is C22H26N4O3S. The number of nitrogens with one attached hydrogen (secondary N) is 2. The van der Waals surface area contributed by atoms with E-state index in [9.17, 15) is 13.2 Å². The van der Waals surface area contributed by atoms with E-state index in [-0.39, 0.29) is 10.8 Å². The molecule has 0 spiro atoms. The van der Waals surface area contributed by atoms with Crippen LogP contribution in [0.2, 0.25) is 0 Å². The largest absolute Gasteiger partial charge is 0.348 e. The fourth-order valence-corrected chi connectivity index (χ4v) is 4.08. The number of amides is 1. The number of anilines is 1. The molecule has 1 aromatic heterocycles. The molecule has 2 aromatic carbocycles. The van der Waals surface area contributed by atoms with Gasteiger partial charge in [0.15, 0.2) is 0 Å². The van der Waals surface area contributed by atoms with Crippen LogP contribution in [0, 0.1) is 6.92 Å². The fourth-order valence-electron chi connectivity index (χ4n) is 2.96. The molecule has 158 valence electrons. The van der Waals surface area contributed by atoms with E-state index < -0.39 is 10.0 Å². The zero-order valence-electron chi connectivity index (χ0n) is 17.5. The van der Waals surface area contributed by atoms with Gasteiger partial charge in [0.1, 0.15) is 0 Å². The van der Waals surface area contributed by atoms with Crippen LogP contribution in [0.15, 0.2) is 59.8 Å². The van der Waals surface area contributed by atoms with Crippen LogP contribution in [-0.4, -0.2) is 24.1 Å². The number of aromatic nitrogens is 2. The Balaban J connectivity index is 1.76. The van der Waals surface area contributed by atoms with Crippen LogP contribution in [0.5, 0.6) is 0 Å². The number of hydrogen-bond donors (Lipinski definition) is 2. The summed E-state index contributed by atoms with van der Waals surface area (Å²) >= 11 is 0. The number of hydrogen-bond acceptors (Lipinski definition) is 4. The molecule has 0 unspecified atom stereocenters. The Hall–Kier alpha value is -3.13. The van der Waals surface area contributed by atoms with Gasteiger partial charge in [-0.3, -0.25) is 14.2 Å². The predicted molar refractivity (Wildman–Crippen MR) is 117 cm³/mol. The van der Waals surface area contributed by atoms with E-state index in [0.29, 0.717) is 23.7 Å². The van der Waals surface area contributed by atoms with Crippen LogP contribution in [0.4, 0.5) is 5.69 Å². The second-order valence-corrected chi connectivity index (χ2v) is 9.25. The molecule has 3 rings (SSSR count). The minimum absolute atomic E-state index is 0.178. The fraction of sp³-hybridized carbons (Fsp3) is 0.273. The summed E-state index contributed by atoms with van der Waals surface area (Å²) < 4.78 is 29.9. The Kier molecular flexibility index (Phi) is 6.26. The lowest BCUT2D eigenvalue weighted by Gasteiger charge is -2.13. The number of nitrogens with zero attached hydrogens (tertiary/aromatic N) is 2. The third-order valence-corrected chi connectivity index (χ3v) is 6.19. The molecule has 0 aliphatic heterocycles.